The zero-order chi connectivity index (χ0) is 17.0. The zero-order valence-electron chi connectivity index (χ0n) is 11.9. The van der Waals surface area contributed by atoms with E-state index in [0.29, 0.717) is 5.75 Å². The molecule has 0 radical (unpaired) electrons. The third-order valence-corrected chi connectivity index (χ3v) is 2.87. The fourth-order valence-corrected chi connectivity index (χ4v) is 1.68. The lowest BCUT2D eigenvalue weighted by atomic mass is 10.2. The molecule has 1 atom stereocenters. The molecular formula is C16H12F4O3. The lowest BCUT2D eigenvalue weighted by Gasteiger charge is -2.11. The van der Waals surface area contributed by atoms with Crippen molar-refractivity contribution in [2.45, 2.75) is 19.2 Å². The molecule has 2 aromatic rings. The second-order valence-electron chi connectivity index (χ2n) is 4.66. The Bertz CT molecular complexity index is 663. The lowest BCUT2D eigenvalue weighted by Crippen LogP contribution is -2.19. The van der Waals surface area contributed by atoms with Crippen molar-refractivity contribution >= 4 is 6.04 Å². The summed E-state index contributed by atoms with van der Waals surface area (Å²) in [4.78, 5) is 10.5. The molecule has 1 unspecified atom stereocenters. The summed E-state index contributed by atoms with van der Waals surface area (Å²) in [6.07, 6.45) is -5.61. The molecule has 0 amide bonds. The molecule has 0 N–H and O–H groups in total. The van der Waals surface area contributed by atoms with Gasteiger partial charge in [-0.1, -0.05) is 0 Å². The minimum absolute atomic E-state index is 0.235. The Labute approximate surface area is 129 Å². The van der Waals surface area contributed by atoms with E-state index in [1.807, 2.05) is 0 Å². The van der Waals surface area contributed by atoms with Gasteiger partial charge in [0.15, 0.2) is 6.10 Å². The van der Waals surface area contributed by atoms with Crippen LogP contribution < -0.4 is 9.47 Å². The molecule has 0 saturated heterocycles. The van der Waals surface area contributed by atoms with Gasteiger partial charge < -0.3 is 9.47 Å². The van der Waals surface area contributed by atoms with E-state index in [1.54, 1.807) is 0 Å². The Morgan fingerprint density at radius 1 is 0.913 bits per heavy atom. The third kappa shape index (κ3) is 4.70. The third-order valence-electron chi connectivity index (χ3n) is 2.87. The summed E-state index contributed by atoms with van der Waals surface area (Å²) in [5, 5.41) is 0. The molecule has 0 heterocycles. The minimum Gasteiger partial charge on any atom is -0.480 e. The number of hydrogen-bond acceptors (Lipinski definition) is 3. The van der Waals surface area contributed by atoms with E-state index in [9.17, 15) is 22.4 Å². The van der Waals surface area contributed by atoms with Crippen LogP contribution in [0.3, 0.4) is 0 Å². The summed E-state index contributed by atoms with van der Waals surface area (Å²) >= 11 is 0. The molecule has 122 valence electrons. The van der Waals surface area contributed by atoms with Gasteiger partial charge in [0.05, 0.1) is 5.56 Å². The van der Waals surface area contributed by atoms with E-state index in [4.69, 9.17) is 9.47 Å². The largest absolute Gasteiger partial charge is 0.480 e. The van der Waals surface area contributed by atoms with E-state index in [1.165, 1.54) is 43.3 Å². The topological polar surface area (TPSA) is 35.5 Å². The standard InChI is InChI=1S/C16H12F4O3/c1-10(15(17)21)22-12-6-8-14(9-7-12)23-13-4-2-11(3-5-13)16(18,19)20/h2-10H,1H3. The highest BCUT2D eigenvalue weighted by atomic mass is 19.4. The summed E-state index contributed by atoms with van der Waals surface area (Å²) in [5.41, 5.74) is -0.765. The summed E-state index contributed by atoms with van der Waals surface area (Å²) in [6.45, 7) is 1.27. The number of halogens is 4. The van der Waals surface area contributed by atoms with E-state index < -0.39 is 23.9 Å². The van der Waals surface area contributed by atoms with Crippen LogP contribution in [0.25, 0.3) is 0 Å². The first-order valence-electron chi connectivity index (χ1n) is 6.57. The van der Waals surface area contributed by atoms with Crippen LogP contribution >= 0.6 is 0 Å². The first kappa shape index (κ1) is 16.8. The summed E-state index contributed by atoms with van der Waals surface area (Å²) in [5.74, 6) is 0.860. The molecule has 0 saturated carbocycles. The Balaban J connectivity index is 2.02. The van der Waals surface area contributed by atoms with Gasteiger partial charge in [0.2, 0.25) is 0 Å². The van der Waals surface area contributed by atoms with Crippen molar-refractivity contribution in [3.63, 3.8) is 0 Å². The van der Waals surface area contributed by atoms with E-state index in [-0.39, 0.29) is 11.5 Å². The molecule has 3 nitrogen and oxygen atoms in total. The predicted octanol–water partition coefficient (Wildman–Crippen LogP) is 4.76. The number of benzene rings is 2. The summed E-state index contributed by atoms with van der Waals surface area (Å²) in [6, 6.07) is 8.55. The van der Waals surface area contributed by atoms with Gasteiger partial charge in [0.25, 0.3) is 0 Å². The summed E-state index contributed by atoms with van der Waals surface area (Å²) < 4.78 is 60.2. The van der Waals surface area contributed by atoms with E-state index in [0.717, 1.165) is 12.1 Å². The molecule has 0 spiro atoms. The highest BCUT2D eigenvalue weighted by Crippen LogP contribution is 2.31. The Kier molecular flexibility index (Phi) is 4.88. The Morgan fingerprint density at radius 2 is 1.35 bits per heavy atom. The average Bonchev–Trinajstić information content (AvgIpc) is 2.49. The maximum atomic E-state index is 12.4. The number of ether oxygens (including phenoxy) is 2. The molecule has 0 aliphatic heterocycles. The van der Waals surface area contributed by atoms with Gasteiger partial charge in [-0.3, -0.25) is 4.79 Å². The van der Waals surface area contributed by atoms with Crippen molar-refractivity contribution in [1.82, 2.24) is 0 Å². The quantitative estimate of drug-likeness (QED) is 0.586. The van der Waals surface area contributed by atoms with Crippen LogP contribution in [0.2, 0.25) is 0 Å². The molecule has 0 aromatic heterocycles. The Morgan fingerprint density at radius 3 is 1.78 bits per heavy atom. The summed E-state index contributed by atoms with van der Waals surface area (Å²) in [7, 11) is 0. The van der Waals surface area contributed by atoms with E-state index >= 15 is 0 Å². The smallest absolute Gasteiger partial charge is 0.416 e. The van der Waals surface area contributed by atoms with Gasteiger partial charge in [0, 0.05) is 0 Å². The maximum absolute atomic E-state index is 12.4. The zero-order valence-corrected chi connectivity index (χ0v) is 11.9. The predicted molar refractivity (Wildman–Crippen MR) is 74.2 cm³/mol. The van der Waals surface area contributed by atoms with Gasteiger partial charge in [0.1, 0.15) is 17.2 Å². The fourth-order valence-electron chi connectivity index (χ4n) is 1.68. The van der Waals surface area contributed by atoms with Gasteiger partial charge in [-0.2, -0.15) is 17.6 Å². The van der Waals surface area contributed by atoms with Crippen molar-refractivity contribution in [3.8, 4) is 17.2 Å². The van der Waals surface area contributed by atoms with Crippen molar-refractivity contribution in [1.29, 1.82) is 0 Å². The first-order chi connectivity index (χ1) is 10.8. The SMILES string of the molecule is CC(Oc1ccc(Oc2ccc(C(F)(F)F)cc2)cc1)C(=O)F. The number of carbonyl (C=O) groups excluding carboxylic acids is 1. The van der Waals surface area contributed by atoms with Gasteiger partial charge in [-0.25, -0.2) is 0 Å². The monoisotopic (exact) mass is 328 g/mol. The molecule has 0 aliphatic carbocycles. The van der Waals surface area contributed by atoms with Crippen LogP contribution in [0.15, 0.2) is 48.5 Å². The molecular weight excluding hydrogens is 316 g/mol. The molecule has 0 aliphatic rings. The highest BCUT2D eigenvalue weighted by molar-refractivity contribution is 5.73. The number of hydrogen-bond donors (Lipinski definition) is 0. The van der Waals surface area contributed by atoms with Crippen molar-refractivity contribution < 1.29 is 31.8 Å². The molecule has 23 heavy (non-hydrogen) atoms. The van der Waals surface area contributed by atoms with E-state index in [2.05, 4.69) is 0 Å². The number of alkyl halides is 3. The Hall–Kier alpha value is -2.57. The van der Waals surface area contributed by atoms with Crippen molar-refractivity contribution in [2.24, 2.45) is 0 Å². The van der Waals surface area contributed by atoms with Crippen LogP contribution in [0.4, 0.5) is 17.6 Å². The number of rotatable bonds is 5. The van der Waals surface area contributed by atoms with Gasteiger partial charge >= 0.3 is 12.2 Å². The highest BCUT2D eigenvalue weighted by Gasteiger charge is 2.30. The van der Waals surface area contributed by atoms with Crippen LogP contribution in [0.5, 0.6) is 17.2 Å². The normalized spacial score (nSPS) is 12.6. The average molecular weight is 328 g/mol. The minimum atomic E-state index is -4.40. The lowest BCUT2D eigenvalue weighted by molar-refractivity contribution is -0.137. The van der Waals surface area contributed by atoms with Crippen molar-refractivity contribution in [3.05, 3.63) is 54.1 Å². The van der Waals surface area contributed by atoms with Crippen LogP contribution in [0, 0.1) is 0 Å². The molecule has 2 rings (SSSR count). The van der Waals surface area contributed by atoms with Crippen molar-refractivity contribution in [2.75, 3.05) is 0 Å². The fraction of sp³-hybridized carbons (Fsp3) is 0.188. The number of carbonyl (C=O) groups is 1. The van der Waals surface area contributed by atoms with Gasteiger partial charge in [-0.15, -0.1) is 0 Å². The molecule has 0 bridgehead atoms. The second-order valence-corrected chi connectivity index (χ2v) is 4.66. The maximum Gasteiger partial charge on any atom is 0.416 e. The van der Waals surface area contributed by atoms with Crippen LogP contribution in [0.1, 0.15) is 12.5 Å². The van der Waals surface area contributed by atoms with Gasteiger partial charge in [-0.05, 0) is 55.5 Å². The first-order valence-corrected chi connectivity index (χ1v) is 6.57. The second kappa shape index (κ2) is 6.68. The van der Waals surface area contributed by atoms with Crippen LogP contribution in [-0.2, 0) is 11.0 Å². The molecule has 0 fully saturated rings. The van der Waals surface area contributed by atoms with Crippen LogP contribution in [-0.4, -0.2) is 12.1 Å². The molecule has 7 heteroatoms. The molecule has 2 aromatic carbocycles.